The summed E-state index contributed by atoms with van der Waals surface area (Å²) >= 11 is 3.34. The van der Waals surface area contributed by atoms with Crippen LogP contribution >= 0.6 is 15.9 Å². The largest absolute Gasteiger partial charge is 0.311 e. The van der Waals surface area contributed by atoms with Crippen molar-refractivity contribution in [1.82, 2.24) is 9.78 Å². The van der Waals surface area contributed by atoms with Crippen LogP contribution in [0.4, 0.5) is 5.82 Å². The number of carbonyl (C=O) groups is 2. The molecule has 1 aromatic heterocycles. The molecule has 1 heterocycles. The molecule has 1 N–H and O–H groups in total. The van der Waals surface area contributed by atoms with Gasteiger partial charge in [-0.05, 0) is 37.8 Å². The summed E-state index contributed by atoms with van der Waals surface area (Å²) < 4.78 is 2.79. The molecule has 1 amide bonds. The Morgan fingerprint density at radius 2 is 1.96 bits per heavy atom. The summed E-state index contributed by atoms with van der Waals surface area (Å²) in [7, 11) is 0. The van der Waals surface area contributed by atoms with Gasteiger partial charge in [0.2, 0.25) is 5.91 Å². The average molecular weight is 390 g/mol. The second-order valence-electron chi connectivity index (χ2n) is 6.22. The highest BCUT2D eigenvalue weighted by molar-refractivity contribution is 9.10. The smallest absolute Gasteiger partial charge is 0.225 e. The lowest BCUT2D eigenvalue weighted by Crippen LogP contribution is -2.19. The second kappa shape index (κ2) is 7.30. The normalized spacial score (nSPS) is 15.1. The summed E-state index contributed by atoms with van der Waals surface area (Å²) in [4.78, 5) is 24.3. The molecule has 3 rings (SSSR count). The number of carbonyl (C=O) groups excluding carboxylic acids is 2. The summed E-state index contributed by atoms with van der Waals surface area (Å²) in [6.07, 6.45) is 4.49. The molecule has 1 unspecified atom stereocenters. The van der Waals surface area contributed by atoms with E-state index in [0.29, 0.717) is 23.3 Å². The van der Waals surface area contributed by atoms with E-state index in [0.717, 1.165) is 4.47 Å². The molecule has 6 heteroatoms. The zero-order valence-corrected chi connectivity index (χ0v) is 15.1. The highest BCUT2D eigenvalue weighted by Gasteiger charge is 2.30. The Kier molecular flexibility index (Phi) is 5.14. The summed E-state index contributed by atoms with van der Waals surface area (Å²) in [6.45, 7) is 2.12. The molecule has 126 valence electrons. The summed E-state index contributed by atoms with van der Waals surface area (Å²) in [5, 5.41) is 7.18. The van der Waals surface area contributed by atoms with Crippen LogP contribution in [-0.4, -0.2) is 21.5 Å². The molecular formula is C18H20BrN3O2. The van der Waals surface area contributed by atoms with Crippen LogP contribution in [0.15, 0.2) is 41.0 Å². The molecule has 0 aliphatic heterocycles. The third-order valence-electron chi connectivity index (χ3n) is 4.37. The number of ketones is 1. The lowest BCUT2D eigenvalue weighted by Gasteiger charge is -2.15. The molecule has 5 nitrogen and oxygen atoms in total. The number of nitrogens with one attached hydrogen (secondary N) is 1. The van der Waals surface area contributed by atoms with Crippen LogP contribution in [-0.2, 0) is 4.79 Å². The number of benzene rings is 1. The Morgan fingerprint density at radius 1 is 1.25 bits per heavy atom. The molecule has 1 aromatic carbocycles. The minimum Gasteiger partial charge on any atom is -0.311 e. The van der Waals surface area contributed by atoms with Crippen molar-refractivity contribution in [2.45, 2.75) is 38.6 Å². The summed E-state index contributed by atoms with van der Waals surface area (Å²) in [6, 6.07) is 9.26. The van der Waals surface area contributed by atoms with Gasteiger partial charge in [-0.1, -0.05) is 28.1 Å². The molecule has 0 bridgehead atoms. The molecule has 1 saturated carbocycles. The Morgan fingerprint density at radius 3 is 2.62 bits per heavy atom. The standard InChI is InChI=1S/C18H20BrN3O2/c1-12(13-2-3-13)22-17(10-11-20-22)21-18(24)9-8-16(23)14-4-6-15(19)7-5-14/h4-7,10-13H,2-3,8-9H2,1H3,(H,21,24). The van der Waals surface area contributed by atoms with Crippen LogP contribution < -0.4 is 5.32 Å². The molecular weight excluding hydrogens is 370 g/mol. The maximum absolute atomic E-state index is 12.1. The Bertz CT molecular complexity index is 735. The van der Waals surface area contributed by atoms with E-state index in [2.05, 4.69) is 33.3 Å². The number of anilines is 1. The molecule has 1 aliphatic rings. The van der Waals surface area contributed by atoms with Gasteiger partial charge in [0.05, 0.1) is 12.2 Å². The van der Waals surface area contributed by atoms with Gasteiger partial charge >= 0.3 is 0 Å². The van der Waals surface area contributed by atoms with Crippen LogP contribution in [0, 0.1) is 5.92 Å². The third-order valence-corrected chi connectivity index (χ3v) is 4.90. The van der Waals surface area contributed by atoms with E-state index in [1.54, 1.807) is 24.4 Å². The molecule has 24 heavy (non-hydrogen) atoms. The van der Waals surface area contributed by atoms with E-state index in [4.69, 9.17) is 0 Å². The van der Waals surface area contributed by atoms with E-state index >= 15 is 0 Å². The van der Waals surface area contributed by atoms with E-state index < -0.39 is 0 Å². The first-order valence-corrected chi connectivity index (χ1v) is 8.96. The number of halogens is 1. The first kappa shape index (κ1) is 16.9. The Labute approximate surface area is 149 Å². The second-order valence-corrected chi connectivity index (χ2v) is 7.13. The SMILES string of the molecule is CC(C1CC1)n1nccc1NC(=O)CCC(=O)c1ccc(Br)cc1. The number of amides is 1. The monoisotopic (exact) mass is 389 g/mol. The van der Waals surface area contributed by atoms with Crippen molar-refractivity contribution in [1.29, 1.82) is 0 Å². The van der Waals surface area contributed by atoms with Gasteiger partial charge < -0.3 is 5.32 Å². The zero-order valence-electron chi connectivity index (χ0n) is 13.5. The molecule has 0 saturated heterocycles. The van der Waals surface area contributed by atoms with Crippen molar-refractivity contribution >= 4 is 33.4 Å². The topological polar surface area (TPSA) is 64.0 Å². The molecule has 0 radical (unpaired) electrons. The van der Waals surface area contributed by atoms with Crippen LogP contribution in [0.3, 0.4) is 0 Å². The van der Waals surface area contributed by atoms with E-state index in [-0.39, 0.29) is 24.5 Å². The predicted octanol–water partition coefficient (Wildman–Crippen LogP) is 4.22. The quantitative estimate of drug-likeness (QED) is 0.720. The molecule has 1 atom stereocenters. The van der Waals surface area contributed by atoms with Gasteiger partial charge in [-0.25, -0.2) is 4.68 Å². The maximum Gasteiger partial charge on any atom is 0.225 e. The lowest BCUT2D eigenvalue weighted by atomic mass is 10.1. The van der Waals surface area contributed by atoms with Crippen molar-refractivity contribution in [3.05, 3.63) is 46.6 Å². The number of rotatable bonds is 7. The van der Waals surface area contributed by atoms with Crippen LogP contribution in [0.2, 0.25) is 0 Å². The first-order valence-electron chi connectivity index (χ1n) is 8.16. The first-order chi connectivity index (χ1) is 11.5. The minimum atomic E-state index is -0.162. The van der Waals surface area contributed by atoms with Gasteiger partial charge in [-0.3, -0.25) is 9.59 Å². The fourth-order valence-electron chi connectivity index (χ4n) is 2.73. The third kappa shape index (κ3) is 4.12. The predicted molar refractivity (Wildman–Crippen MR) is 96.0 cm³/mol. The Balaban J connectivity index is 1.53. The van der Waals surface area contributed by atoms with Crippen LogP contribution in [0.25, 0.3) is 0 Å². The van der Waals surface area contributed by atoms with Gasteiger partial charge in [-0.2, -0.15) is 5.10 Å². The molecule has 1 aliphatic carbocycles. The lowest BCUT2D eigenvalue weighted by molar-refractivity contribution is -0.116. The summed E-state index contributed by atoms with van der Waals surface area (Å²) in [5.74, 6) is 1.16. The van der Waals surface area contributed by atoms with Gasteiger partial charge in [0.15, 0.2) is 5.78 Å². The summed E-state index contributed by atoms with van der Waals surface area (Å²) in [5.41, 5.74) is 0.624. The van der Waals surface area contributed by atoms with Gasteiger partial charge in [-0.15, -0.1) is 0 Å². The van der Waals surface area contributed by atoms with Crippen molar-refractivity contribution < 1.29 is 9.59 Å². The highest BCUT2D eigenvalue weighted by atomic mass is 79.9. The fraction of sp³-hybridized carbons (Fsp3) is 0.389. The number of hydrogen-bond donors (Lipinski definition) is 1. The van der Waals surface area contributed by atoms with E-state index in [9.17, 15) is 9.59 Å². The van der Waals surface area contributed by atoms with Crippen molar-refractivity contribution in [3.8, 4) is 0 Å². The van der Waals surface area contributed by atoms with E-state index in [1.165, 1.54) is 12.8 Å². The molecule has 1 fully saturated rings. The number of aromatic nitrogens is 2. The van der Waals surface area contributed by atoms with Gasteiger partial charge in [0.25, 0.3) is 0 Å². The fourth-order valence-corrected chi connectivity index (χ4v) is 2.99. The average Bonchev–Trinajstić information content (AvgIpc) is 3.32. The molecule has 0 spiro atoms. The highest BCUT2D eigenvalue weighted by Crippen LogP contribution is 2.40. The number of nitrogens with zero attached hydrogens (tertiary/aromatic N) is 2. The van der Waals surface area contributed by atoms with Crippen molar-refractivity contribution in [2.75, 3.05) is 5.32 Å². The zero-order chi connectivity index (χ0) is 17.1. The minimum absolute atomic E-state index is 0.0301. The van der Waals surface area contributed by atoms with E-state index in [1.807, 2.05) is 16.8 Å². The number of Topliss-reactive ketones (excluding diaryl/α,β-unsaturated/α-hetero) is 1. The maximum atomic E-state index is 12.1. The van der Waals surface area contributed by atoms with Crippen LogP contribution in [0.5, 0.6) is 0 Å². The van der Waals surface area contributed by atoms with Gasteiger partial charge in [0.1, 0.15) is 5.82 Å². The van der Waals surface area contributed by atoms with Crippen molar-refractivity contribution in [2.24, 2.45) is 5.92 Å². The molecule has 2 aromatic rings. The Hall–Kier alpha value is -1.95. The van der Waals surface area contributed by atoms with Crippen molar-refractivity contribution in [3.63, 3.8) is 0 Å². The number of hydrogen-bond acceptors (Lipinski definition) is 3. The van der Waals surface area contributed by atoms with Crippen LogP contribution in [0.1, 0.15) is 49.0 Å². The van der Waals surface area contributed by atoms with Gasteiger partial charge in [0, 0.05) is 28.9 Å².